The van der Waals surface area contributed by atoms with Crippen molar-refractivity contribution in [1.29, 1.82) is 0 Å². The SMILES string of the molecule is CN(C(=O)CCCc1ncc(-c2ccccc2)o1)c1nccs1. The highest BCUT2D eigenvalue weighted by molar-refractivity contribution is 7.13. The van der Waals surface area contributed by atoms with E-state index >= 15 is 0 Å². The van der Waals surface area contributed by atoms with Gasteiger partial charge in [-0.1, -0.05) is 30.3 Å². The Hall–Kier alpha value is -2.47. The normalized spacial score (nSPS) is 10.7. The maximum Gasteiger partial charge on any atom is 0.228 e. The molecule has 0 bridgehead atoms. The van der Waals surface area contributed by atoms with Crippen molar-refractivity contribution >= 4 is 22.4 Å². The van der Waals surface area contributed by atoms with Gasteiger partial charge >= 0.3 is 0 Å². The van der Waals surface area contributed by atoms with Crippen molar-refractivity contribution in [3.8, 4) is 11.3 Å². The molecule has 2 aromatic heterocycles. The second kappa shape index (κ2) is 7.19. The minimum atomic E-state index is 0.0507. The van der Waals surface area contributed by atoms with Crippen LogP contribution in [0.4, 0.5) is 5.13 Å². The van der Waals surface area contributed by atoms with Gasteiger partial charge in [-0.05, 0) is 6.42 Å². The standard InChI is InChI=1S/C17H17N3O2S/c1-20(17-18-10-11-23-17)16(21)9-5-8-15-19-12-14(22-15)13-6-3-2-4-7-13/h2-4,6-7,10-12H,5,8-9H2,1H3. The van der Waals surface area contributed by atoms with Crippen LogP contribution in [0.3, 0.4) is 0 Å². The van der Waals surface area contributed by atoms with Gasteiger partial charge in [-0.2, -0.15) is 0 Å². The second-order valence-corrected chi connectivity index (χ2v) is 5.98. The van der Waals surface area contributed by atoms with Gasteiger partial charge in [-0.15, -0.1) is 11.3 Å². The van der Waals surface area contributed by atoms with Crippen LogP contribution in [-0.4, -0.2) is 22.9 Å². The Morgan fingerprint density at radius 3 is 2.83 bits per heavy atom. The maximum atomic E-state index is 12.1. The molecule has 0 aliphatic carbocycles. The third-order valence-electron chi connectivity index (χ3n) is 3.47. The fourth-order valence-corrected chi connectivity index (χ4v) is 2.83. The van der Waals surface area contributed by atoms with Crippen molar-refractivity contribution in [2.75, 3.05) is 11.9 Å². The lowest BCUT2D eigenvalue weighted by Gasteiger charge is -2.12. The van der Waals surface area contributed by atoms with Crippen LogP contribution in [0.15, 0.2) is 52.5 Å². The average molecular weight is 327 g/mol. The summed E-state index contributed by atoms with van der Waals surface area (Å²) in [5.41, 5.74) is 1.01. The smallest absolute Gasteiger partial charge is 0.228 e. The number of carbonyl (C=O) groups is 1. The number of carbonyl (C=O) groups excluding carboxylic acids is 1. The van der Waals surface area contributed by atoms with E-state index in [0.29, 0.717) is 25.2 Å². The van der Waals surface area contributed by atoms with Crippen molar-refractivity contribution < 1.29 is 9.21 Å². The van der Waals surface area contributed by atoms with E-state index in [9.17, 15) is 4.79 Å². The minimum absolute atomic E-state index is 0.0507. The maximum absolute atomic E-state index is 12.1. The molecule has 1 aromatic carbocycles. The molecule has 0 aliphatic heterocycles. The molecule has 23 heavy (non-hydrogen) atoms. The number of thiazole rings is 1. The summed E-state index contributed by atoms with van der Waals surface area (Å²) < 4.78 is 5.74. The Kier molecular flexibility index (Phi) is 4.83. The molecule has 0 saturated heterocycles. The molecule has 0 spiro atoms. The van der Waals surface area contributed by atoms with Gasteiger partial charge < -0.3 is 4.42 Å². The average Bonchev–Trinajstić information content (AvgIpc) is 3.27. The Balaban J connectivity index is 1.51. The summed E-state index contributed by atoms with van der Waals surface area (Å²) in [4.78, 5) is 22.1. The molecule has 5 nitrogen and oxygen atoms in total. The number of anilines is 1. The molecule has 0 fully saturated rings. The lowest BCUT2D eigenvalue weighted by atomic mass is 10.2. The molecule has 0 unspecified atom stereocenters. The molecule has 0 N–H and O–H groups in total. The minimum Gasteiger partial charge on any atom is -0.441 e. The molecule has 3 aromatic rings. The summed E-state index contributed by atoms with van der Waals surface area (Å²) in [5, 5.41) is 2.58. The molecular formula is C17H17N3O2S. The monoisotopic (exact) mass is 327 g/mol. The number of hydrogen-bond donors (Lipinski definition) is 0. The van der Waals surface area contributed by atoms with Crippen LogP contribution in [0.2, 0.25) is 0 Å². The number of aryl methyl sites for hydroxylation is 1. The number of rotatable bonds is 6. The largest absolute Gasteiger partial charge is 0.441 e. The molecule has 3 rings (SSSR count). The first-order chi connectivity index (χ1) is 11.2. The highest BCUT2D eigenvalue weighted by atomic mass is 32.1. The van der Waals surface area contributed by atoms with E-state index in [2.05, 4.69) is 9.97 Å². The van der Waals surface area contributed by atoms with Crippen molar-refractivity contribution in [3.05, 3.63) is 54.0 Å². The quantitative estimate of drug-likeness (QED) is 0.691. The van der Waals surface area contributed by atoms with Gasteiger partial charge in [0.05, 0.1) is 6.20 Å². The molecule has 0 aliphatic rings. The highest BCUT2D eigenvalue weighted by Crippen LogP contribution is 2.21. The lowest BCUT2D eigenvalue weighted by molar-refractivity contribution is -0.118. The molecule has 2 heterocycles. The summed E-state index contributed by atoms with van der Waals surface area (Å²) in [5.74, 6) is 1.47. The van der Waals surface area contributed by atoms with Gasteiger partial charge in [0.25, 0.3) is 0 Å². The summed E-state index contributed by atoms with van der Waals surface area (Å²) >= 11 is 1.45. The van der Waals surface area contributed by atoms with E-state index in [0.717, 1.165) is 16.5 Å². The molecule has 0 radical (unpaired) electrons. The summed E-state index contributed by atoms with van der Waals surface area (Å²) in [6, 6.07) is 9.86. The van der Waals surface area contributed by atoms with Crippen LogP contribution in [0.5, 0.6) is 0 Å². The molecular weight excluding hydrogens is 310 g/mol. The van der Waals surface area contributed by atoms with Gasteiger partial charge in [0.15, 0.2) is 16.8 Å². The van der Waals surface area contributed by atoms with Gasteiger partial charge in [-0.3, -0.25) is 9.69 Å². The fourth-order valence-electron chi connectivity index (χ4n) is 2.21. The van der Waals surface area contributed by atoms with E-state index in [1.165, 1.54) is 11.3 Å². The number of hydrogen-bond acceptors (Lipinski definition) is 5. The first-order valence-corrected chi connectivity index (χ1v) is 8.28. The zero-order valence-electron chi connectivity index (χ0n) is 12.8. The number of benzene rings is 1. The third-order valence-corrected chi connectivity index (χ3v) is 4.32. The van der Waals surface area contributed by atoms with Gasteiger partial charge in [0.2, 0.25) is 5.91 Å². The lowest BCUT2D eigenvalue weighted by Crippen LogP contribution is -2.25. The molecule has 1 amide bonds. The van der Waals surface area contributed by atoms with Crippen LogP contribution in [-0.2, 0) is 11.2 Å². The van der Waals surface area contributed by atoms with Crippen molar-refractivity contribution in [3.63, 3.8) is 0 Å². The topological polar surface area (TPSA) is 59.2 Å². The Morgan fingerprint density at radius 1 is 1.26 bits per heavy atom. The van der Waals surface area contributed by atoms with E-state index in [-0.39, 0.29) is 5.91 Å². The Morgan fingerprint density at radius 2 is 2.09 bits per heavy atom. The van der Waals surface area contributed by atoms with Gasteiger partial charge in [0.1, 0.15) is 0 Å². The molecule has 118 valence electrons. The molecule has 6 heteroatoms. The van der Waals surface area contributed by atoms with E-state index in [1.54, 1.807) is 24.3 Å². The highest BCUT2D eigenvalue weighted by Gasteiger charge is 2.13. The fraction of sp³-hybridized carbons (Fsp3) is 0.235. The van der Waals surface area contributed by atoms with Crippen LogP contribution >= 0.6 is 11.3 Å². The molecule has 0 atom stereocenters. The first kappa shape index (κ1) is 15.4. The predicted molar refractivity (Wildman–Crippen MR) is 90.4 cm³/mol. The van der Waals surface area contributed by atoms with E-state index in [4.69, 9.17) is 4.42 Å². The van der Waals surface area contributed by atoms with Crippen molar-refractivity contribution in [2.45, 2.75) is 19.3 Å². The zero-order valence-corrected chi connectivity index (χ0v) is 13.6. The van der Waals surface area contributed by atoms with Crippen molar-refractivity contribution in [1.82, 2.24) is 9.97 Å². The third kappa shape index (κ3) is 3.84. The summed E-state index contributed by atoms with van der Waals surface area (Å²) in [6.07, 6.45) is 5.21. The van der Waals surface area contributed by atoms with Crippen LogP contribution in [0.25, 0.3) is 11.3 Å². The summed E-state index contributed by atoms with van der Waals surface area (Å²) in [7, 11) is 1.75. The number of nitrogens with zero attached hydrogens (tertiary/aromatic N) is 3. The van der Waals surface area contributed by atoms with Crippen LogP contribution in [0, 0.1) is 0 Å². The van der Waals surface area contributed by atoms with Crippen molar-refractivity contribution in [2.24, 2.45) is 0 Å². The number of amides is 1. The zero-order chi connectivity index (χ0) is 16.1. The van der Waals surface area contributed by atoms with Crippen LogP contribution < -0.4 is 4.90 Å². The number of aromatic nitrogens is 2. The van der Waals surface area contributed by atoms with Gasteiger partial charge in [-0.25, -0.2) is 9.97 Å². The van der Waals surface area contributed by atoms with E-state index < -0.39 is 0 Å². The van der Waals surface area contributed by atoms with Gasteiger partial charge in [0, 0.05) is 37.0 Å². The van der Waals surface area contributed by atoms with E-state index in [1.807, 2.05) is 35.7 Å². The summed E-state index contributed by atoms with van der Waals surface area (Å²) in [6.45, 7) is 0. The van der Waals surface area contributed by atoms with Crippen LogP contribution in [0.1, 0.15) is 18.7 Å². The first-order valence-electron chi connectivity index (χ1n) is 7.40. The second-order valence-electron chi connectivity index (χ2n) is 5.11. The number of oxazole rings is 1. The Labute approximate surface area is 138 Å². The predicted octanol–water partition coefficient (Wildman–Crippen LogP) is 3.78. The molecule has 0 saturated carbocycles. The Bertz CT molecular complexity index is 753.